The number of rotatable bonds is 0. The molecule has 0 aromatic heterocycles. The molecule has 1 atom stereocenters. The molecule has 4 heteroatoms. The van der Waals surface area contributed by atoms with Gasteiger partial charge >= 0.3 is 81.9 Å². The van der Waals surface area contributed by atoms with Gasteiger partial charge in [0.05, 0.1) is 0 Å². The Morgan fingerprint density at radius 1 is 1.80 bits per heavy atom. The van der Waals surface area contributed by atoms with Crippen molar-refractivity contribution in [3.63, 3.8) is 0 Å². The summed E-state index contributed by atoms with van der Waals surface area (Å²) in [5, 5.41) is 0.505. The molecule has 48 valence electrons. The van der Waals surface area contributed by atoms with Gasteiger partial charge in [0.2, 0.25) is 0 Å². The fraction of sp³-hybridized carbons (Fsp3) is 0.500. The molecule has 0 unspecified atom stereocenters. The topological polar surface area (TPSA) is 20.3 Å². The summed E-state index contributed by atoms with van der Waals surface area (Å²) in [5.41, 5.74) is 0. The van der Waals surface area contributed by atoms with E-state index in [1.807, 2.05) is 16.7 Å². The quantitative estimate of drug-likeness (QED) is 0.378. The fourth-order valence-electron chi connectivity index (χ4n) is 1.32. The maximum absolute atomic E-state index is 11.0. The Kier molecular flexibility index (Phi) is 1.84. The molecule has 10 heavy (non-hydrogen) atoms. The van der Waals surface area contributed by atoms with Gasteiger partial charge in [0.25, 0.3) is 0 Å². The van der Waals surface area contributed by atoms with Crippen LogP contribution in [0.1, 0.15) is 6.42 Å². The molecule has 0 radical (unpaired) electrons. The van der Waals surface area contributed by atoms with Crippen molar-refractivity contribution in [3.8, 4) is 0 Å². The van der Waals surface area contributed by atoms with Crippen LogP contribution in [0.15, 0.2) is 9.02 Å². The first-order chi connectivity index (χ1) is 4.79. The van der Waals surface area contributed by atoms with Crippen LogP contribution in [0.3, 0.4) is 0 Å². The molecule has 2 rings (SSSR count). The van der Waals surface area contributed by atoms with E-state index in [-0.39, 0.29) is 0 Å². The van der Waals surface area contributed by atoms with E-state index < -0.39 is 0 Å². The molecule has 2 aliphatic rings. The van der Waals surface area contributed by atoms with Gasteiger partial charge < -0.3 is 0 Å². The van der Waals surface area contributed by atoms with Crippen molar-refractivity contribution >= 4 is 45.6 Å². The second kappa shape index (κ2) is 2.55. The summed E-state index contributed by atoms with van der Waals surface area (Å²) in [5.74, 6) is 1.42. The Morgan fingerprint density at radius 3 is 3.10 bits per heavy atom. The summed E-state index contributed by atoms with van der Waals surface area (Å²) < 4.78 is 1.28. The van der Waals surface area contributed by atoms with Gasteiger partial charge in [0, 0.05) is 0 Å². The molecule has 0 spiro atoms. The van der Waals surface area contributed by atoms with E-state index in [1.54, 1.807) is 0 Å². The minimum absolute atomic E-state index is 0.318. The number of hydrogen-bond acceptors (Lipinski definition) is 2. The Bertz CT molecular complexity index is 216. The van der Waals surface area contributed by atoms with E-state index in [4.69, 9.17) is 0 Å². The summed E-state index contributed by atoms with van der Waals surface area (Å²) in [7, 11) is 0. The molecule has 0 aromatic rings. The fourth-order valence-corrected chi connectivity index (χ4v) is 3.82. The van der Waals surface area contributed by atoms with Crippen LogP contribution in [0, 0.1) is 0 Å². The van der Waals surface area contributed by atoms with Crippen molar-refractivity contribution < 1.29 is 4.79 Å². The summed E-state index contributed by atoms with van der Waals surface area (Å²) in [6.07, 6.45) is 2.94. The molecule has 0 N–H and O–H groups in total. The molecule has 2 heterocycles. The van der Waals surface area contributed by atoms with Crippen LogP contribution in [0.2, 0.25) is 0 Å². The van der Waals surface area contributed by atoms with Crippen molar-refractivity contribution in [2.45, 2.75) is 11.8 Å². The van der Waals surface area contributed by atoms with E-state index >= 15 is 0 Å². The van der Waals surface area contributed by atoms with E-state index in [1.165, 1.54) is 2.95 Å². The zero-order valence-electron chi connectivity index (χ0n) is 5.83. The van der Waals surface area contributed by atoms with Gasteiger partial charge in [-0.2, -0.15) is 0 Å². The molecule has 0 bridgehead atoms. The molecule has 0 saturated carbocycles. The van der Waals surface area contributed by atoms with Crippen molar-refractivity contribution in [1.82, 2.24) is 4.90 Å². The van der Waals surface area contributed by atoms with E-state index in [9.17, 15) is 4.79 Å². The Morgan fingerprint density at radius 2 is 2.60 bits per heavy atom. The van der Waals surface area contributed by atoms with Gasteiger partial charge in [0.15, 0.2) is 0 Å². The van der Waals surface area contributed by atoms with Crippen LogP contribution in [0.5, 0.6) is 0 Å². The second-order valence-electron chi connectivity index (χ2n) is 2.60. The zero-order valence-corrected chi connectivity index (χ0v) is 8.65. The number of thioether (sulfide) groups is 1. The van der Waals surface area contributed by atoms with Gasteiger partial charge in [-0.05, 0) is 0 Å². The number of β-lactam (4-membered cyclic amide) rings is 1. The summed E-state index contributed by atoms with van der Waals surface area (Å²) >= 11 is 2.89. The van der Waals surface area contributed by atoms with Gasteiger partial charge in [-0.15, -0.1) is 0 Å². The SMILES string of the molecule is O=C1C[C@H]2SCC=[C]([Na])N12. The van der Waals surface area contributed by atoms with Crippen molar-refractivity contribution in [3.05, 3.63) is 9.02 Å². The Balaban J connectivity index is 2.22. The van der Waals surface area contributed by atoms with Gasteiger partial charge in [-0.25, -0.2) is 0 Å². The molecular formula is C6H6NNaOS. The monoisotopic (exact) mass is 163 g/mol. The number of carbonyl (C=O) groups excluding carboxylic acids is 1. The first-order valence-electron chi connectivity index (χ1n) is 3.39. The van der Waals surface area contributed by atoms with Crippen LogP contribution in [0.25, 0.3) is 0 Å². The van der Waals surface area contributed by atoms with Crippen molar-refractivity contribution in [2.75, 3.05) is 5.75 Å². The molecule has 1 amide bonds. The molecule has 2 nitrogen and oxygen atoms in total. The predicted octanol–water partition coefficient (Wildman–Crippen LogP) is 0.301. The van der Waals surface area contributed by atoms with Crippen LogP contribution in [-0.2, 0) is 4.79 Å². The zero-order chi connectivity index (χ0) is 7.14. The van der Waals surface area contributed by atoms with Gasteiger partial charge in [0.1, 0.15) is 0 Å². The standard InChI is InChI=1S/C6H6NOS.Na/c8-5-4-6-7(5)2-1-3-9-6;/h1,6H,3-4H2;/t6-;/m1./s1. The van der Waals surface area contributed by atoms with Crippen molar-refractivity contribution in [2.24, 2.45) is 0 Å². The normalized spacial score (nSPS) is 31.0. The summed E-state index contributed by atoms with van der Waals surface area (Å²) in [6.45, 7) is 0. The molecule has 0 aliphatic carbocycles. The second-order valence-corrected chi connectivity index (χ2v) is 4.84. The molecule has 1 fully saturated rings. The Hall–Kier alpha value is 0.560. The van der Waals surface area contributed by atoms with E-state index in [0.29, 0.717) is 11.3 Å². The van der Waals surface area contributed by atoms with Crippen molar-refractivity contribution in [1.29, 1.82) is 0 Å². The van der Waals surface area contributed by atoms with Crippen LogP contribution >= 0.6 is 11.8 Å². The molecule has 1 saturated heterocycles. The first kappa shape index (κ1) is 7.22. The van der Waals surface area contributed by atoms with Gasteiger partial charge in [-0.1, -0.05) is 0 Å². The predicted molar refractivity (Wildman–Crippen MR) is 41.5 cm³/mol. The third-order valence-electron chi connectivity index (χ3n) is 1.95. The average molecular weight is 163 g/mol. The number of fused-ring (bicyclic) bond motifs is 1. The summed E-state index contributed by atoms with van der Waals surface area (Å²) in [4.78, 5) is 12.9. The maximum atomic E-state index is 11.0. The molecule has 2 aliphatic heterocycles. The van der Waals surface area contributed by atoms with E-state index in [0.717, 1.165) is 40.1 Å². The summed E-state index contributed by atoms with van der Waals surface area (Å²) in [6, 6.07) is 0. The number of hydrogen-bond donors (Lipinski definition) is 0. The first-order valence-corrected chi connectivity index (χ1v) is 5.44. The molecular weight excluding hydrogens is 157 g/mol. The Labute approximate surface area is 81.4 Å². The number of nitrogens with zero attached hydrogens (tertiary/aromatic N) is 1. The van der Waals surface area contributed by atoms with Gasteiger partial charge in [-0.3, -0.25) is 0 Å². The van der Waals surface area contributed by atoms with E-state index in [2.05, 4.69) is 6.08 Å². The minimum atomic E-state index is 0.318. The number of carbonyl (C=O) groups is 1. The third kappa shape index (κ3) is 0.961. The molecule has 0 aromatic carbocycles. The van der Waals surface area contributed by atoms with Crippen LogP contribution in [0.4, 0.5) is 0 Å². The average Bonchev–Trinajstić information content (AvgIpc) is 1.85. The van der Waals surface area contributed by atoms with Crippen LogP contribution < -0.4 is 0 Å². The third-order valence-corrected chi connectivity index (χ3v) is 3.96. The number of amides is 1. The van der Waals surface area contributed by atoms with Crippen LogP contribution in [-0.4, -0.2) is 49.9 Å².